The summed E-state index contributed by atoms with van der Waals surface area (Å²) in [7, 11) is 0. The second kappa shape index (κ2) is 8.53. The predicted molar refractivity (Wildman–Crippen MR) is 109 cm³/mol. The first-order chi connectivity index (χ1) is 14.1. The molecular formula is C20H24ClN3O6. The number of carbonyl (C=O) groups is 3. The van der Waals surface area contributed by atoms with Gasteiger partial charge in [0.15, 0.2) is 0 Å². The minimum absolute atomic E-state index is 0.0337. The highest BCUT2D eigenvalue weighted by molar-refractivity contribution is 6.31. The second-order valence-corrected chi connectivity index (χ2v) is 7.92. The lowest BCUT2D eigenvalue weighted by Crippen LogP contribution is -2.56. The number of ether oxygens (including phenoxy) is 2. The Morgan fingerprint density at radius 2 is 2.13 bits per heavy atom. The SMILES string of the molecule is CCOC(=O)CC(NC(=O)c1cc2cc(Cl)ccc2[nH]1)[C@@H]1COC(C)(C)N1C(=O)O. The minimum Gasteiger partial charge on any atom is -0.466 e. The number of nitrogens with zero attached hydrogens (tertiary/aromatic N) is 1. The third-order valence-electron chi connectivity index (χ3n) is 5.03. The molecular weight excluding hydrogens is 414 g/mol. The van der Waals surface area contributed by atoms with E-state index in [2.05, 4.69) is 10.3 Å². The number of benzene rings is 1. The molecule has 2 aromatic rings. The van der Waals surface area contributed by atoms with Crippen molar-refractivity contribution < 1.29 is 29.0 Å². The fourth-order valence-electron chi connectivity index (χ4n) is 3.66. The van der Waals surface area contributed by atoms with Gasteiger partial charge in [0.25, 0.3) is 5.91 Å². The Morgan fingerprint density at radius 3 is 2.80 bits per heavy atom. The van der Waals surface area contributed by atoms with Crippen LogP contribution in [0.5, 0.6) is 0 Å². The Kier molecular flexibility index (Phi) is 6.23. The first kappa shape index (κ1) is 21.9. The van der Waals surface area contributed by atoms with E-state index in [1.165, 1.54) is 0 Å². The Bertz CT molecular complexity index is 973. The van der Waals surface area contributed by atoms with E-state index in [9.17, 15) is 19.5 Å². The molecule has 0 saturated carbocycles. The molecule has 162 valence electrons. The number of hydrogen-bond acceptors (Lipinski definition) is 5. The number of aromatic amines is 1. The lowest BCUT2D eigenvalue weighted by atomic mass is 10.0. The van der Waals surface area contributed by atoms with E-state index < -0.39 is 35.8 Å². The van der Waals surface area contributed by atoms with Crippen LogP contribution >= 0.6 is 11.6 Å². The molecule has 0 bridgehead atoms. The number of halogens is 1. The highest BCUT2D eigenvalue weighted by atomic mass is 35.5. The molecule has 10 heteroatoms. The molecule has 1 unspecified atom stereocenters. The summed E-state index contributed by atoms with van der Waals surface area (Å²) in [5, 5.41) is 13.7. The molecule has 2 heterocycles. The standard InChI is InChI=1S/C20H24ClN3O6/c1-4-29-17(25)9-14(16-10-30-20(2,3)24(16)19(27)28)23-18(26)15-8-11-7-12(21)5-6-13(11)22-15/h5-8,14,16,22H,4,9-10H2,1-3H3,(H,23,26)(H,27,28)/t14?,16-/m0/s1. The first-order valence-electron chi connectivity index (χ1n) is 9.53. The fourth-order valence-corrected chi connectivity index (χ4v) is 3.84. The molecule has 1 aromatic carbocycles. The van der Waals surface area contributed by atoms with Crippen molar-refractivity contribution in [3.63, 3.8) is 0 Å². The number of H-pyrrole nitrogens is 1. The van der Waals surface area contributed by atoms with Gasteiger partial charge in [0.05, 0.1) is 31.7 Å². The summed E-state index contributed by atoms with van der Waals surface area (Å²) in [6.07, 6.45) is -1.40. The third-order valence-corrected chi connectivity index (χ3v) is 5.26. The van der Waals surface area contributed by atoms with Gasteiger partial charge in [0.2, 0.25) is 0 Å². The van der Waals surface area contributed by atoms with E-state index in [0.29, 0.717) is 5.02 Å². The van der Waals surface area contributed by atoms with Crippen LogP contribution in [-0.2, 0) is 14.3 Å². The smallest absolute Gasteiger partial charge is 0.409 e. The molecule has 1 aliphatic heterocycles. The topological polar surface area (TPSA) is 121 Å². The summed E-state index contributed by atoms with van der Waals surface area (Å²) < 4.78 is 10.6. The zero-order chi connectivity index (χ0) is 22.1. The average Bonchev–Trinajstić information content (AvgIpc) is 3.21. The number of hydrogen-bond donors (Lipinski definition) is 3. The van der Waals surface area contributed by atoms with Gasteiger partial charge in [-0.05, 0) is 45.0 Å². The number of carbonyl (C=O) groups excluding carboxylic acids is 2. The van der Waals surface area contributed by atoms with Gasteiger partial charge in [-0.3, -0.25) is 14.5 Å². The predicted octanol–water partition coefficient (Wildman–Crippen LogP) is 2.99. The van der Waals surface area contributed by atoms with Crippen molar-refractivity contribution in [3.8, 4) is 0 Å². The lowest BCUT2D eigenvalue weighted by Gasteiger charge is -2.34. The van der Waals surface area contributed by atoms with E-state index in [0.717, 1.165) is 15.8 Å². The van der Waals surface area contributed by atoms with Crippen molar-refractivity contribution in [2.24, 2.45) is 0 Å². The maximum atomic E-state index is 12.9. The van der Waals surface area contributed by atoms with Crippen molar-refractivity contribution in [3.05, 3.63) is 35.0 Å². The molecule has 1 fully saturated rings. The van der Waals surface area contributed by atoms with Crippen LogP contribution in [0.2, 0.25) is 5.02 Å². The summed E-state index contributed by atoms with van der Waals surface area (Å²) in [5.41, 5.74) is -0.100. The Balaban J connectivity index is 1.87. The summed E-state index contributed by atoms with van der Waals surface area (Å²) in [4.78, 5) is 41.0. The minimum atomic E-state index is -1.20. The zero-order valence-electron chi connectivity index (χ0n) is 16.9. The lowest BCUT2D eigenvalue weighted by molar-refractivity contribution is -0.144. The summed E-state index contributed by atoms with van der Waals surface area (Å²) in [6, 6.07) is 5.22. The van der Waals surface area contributed by atoms with Gasteiger partial charge in [-0.2, -0.15) is 0 Å². The highest BCUT2D eigenvalue weighted by Crippen LogP contribution is 2.30. The van der Waals surface area contributed by atoms with Crippen molar-refractivity contribution in [2.45, 2.75) is 45.0 Å². The Labute approximate surface area is 178 Å². The number of aromatic nitrogens is 1. The molecule has 2 atom stereocenters. The van der Waals surface area contributed by atoms with Crippen LogP contribution in [0.4, 0.5) is 4.79 Å². The molecule has 1 aromatic heterocycles. The van der Waals surface area contributed by atoms with Crippen molar-refractivity contribution in [1.82, 2.24) is 15.2 Å². The summed E-state index contributed by atoms with van der Waals surface area (Å²) in [5.74, 6) is -1.02. The van der Waals surface area contributed by atoms with Gasteiger partial charge in [0.1, 0.15) is 11.4 Å². The van der Waals surface area contributed by atoms with E-state index >= 15 is 0 Å². The van der Waals surface area contributed by atoms with Crippen LogP contribution in [-0.4, -0.2) is 64.0 Å². The van der Waals surface area contributed by atoms with Crippen LogP contribution in [0.3, 0.4) is 0 Å². The van der Waals surface area contributed by atoms with E-state index in [1.807, 2.05) is 0 Å². The number of amides is 2. The first-order valence-corrected chi connectivity index (χ1v) is 9.91. The van der Waals surface area contributed by atoms with Gasteiger partial charge in [-0.25, -0.2) is 4.79 Å². The number of nitrogens with one attached hydrogen (secondary N) is 2. The van der Waals surface area contributed by atoms with Gasteiger partial charge >= 0.3 is 12.1 Å². The van der Waals surface area contributed by atoms with Crippen LogP contribution in [0.25, 0.3) is 10.9 Å². The molecule has 1 saturated heterocycles. The highest BCUT2D eigenvalue weighted by Gasteiger charge is 2.48. The molecule has 30 heavy (non-hydrogen) atoms. The van der Waals surface area contributed by atoms with E-state index in [4.69, 9.17) is 21.1 Å². The number of carboxylic acid groups (broad SMARTS) is 1. The third kappa shape index (κ3) is 4.52. The fraction of sp³-hybridized carbons (Fsp3) is 0.450. The Morgan fingerprint density at radius 1 is 1.40 bits per heavy atom. The largest absolute Gasteiger partial charge is 0.466 e. The average molecular weight is 438 g/mol. The van der Waals surface area contributed by atoms with Gasteiger partial charge in [-0.1, -0.05) is 11.6 Å². The van der Waals surface area contributed by atoms with Crippen LogP contribution < -0.4 is 5.32 Å². The normalized spacial score (nSPS) is 18.9. The maximum Gasteiger partial charge on any atom is 0.409 e. The molecule has 3 rings (SSSR count). The maximum absolute atomic E-state index is 12.9. The number of fused-ring (bicyclic) bond motifs is 1. The Hall–Kier alpha value is -2.78. The molecule has 1 aliphatic rings. The quantitative estimate of drug-likeness (QED) is 0.597. The molecule has 9 nitrogen and oxygen atoms in total. The molecule has 2 amide bonds. The van der Waals surface area contributed by atoms with Crippen LogP contribution in [0, 0.1) is 0 Å². The number of esters is 1. The van der Waals surface area contributed by atoms with Crippen LogP contribution in [0.1, 0.15) is 37.7 Å². The second-order valence-electron chi connectivity index (χ2n) is 7.48. The van der Waals surface area contributed by atoms with Crippen LogP contribution in [0.15, 0.2) is 24.3 Å². The zero-order valence-corrected chi connectivity index (χ0v) is 17.7. The van der Waals surface area contributed by atoms with Crippen molar-refractivity contribution in [1.29, 1.82) is 0 Å². The van der Waals surface area contributed by atoms with Gasteiger partial charge in [-0.15, -0.1) is 0 Å². The van der Waals surface area contributed by atoms with Crippen molar-refractivity contribution in [2.75, 3.05) is 13.2 Å². The number of rotatable bonds is 6. The van der Waals surface area contributed by atoms with E-state index in [-0.39, 0.29) is 25.3 Å². The summed E-state index contributed by atoms with van der Waals surface area (Å²) in [6.45, 7) is 5.12. The van der Waals surface area contributed by atoms with Gasteiger partial charge < -0.3 is 24.9 Å². The molecule has 0 aliphatic carbocycles. The summed E-state index contributed by atoms with van der Waals surface area (Å²) >= 11 is 6.00. The van der Waals surface area contributed by atoms with E-state index in [1.54, 1.807) is 45.0 Å². The van der Waals surface area contributed by atoms with Crippen molar-refractivity contribution >= 4 is 40.5 Å². The van der Waals surface area contributed by atoms with Gasteiger partial charge in [0, 0.05) is 15.9 Å². The monoisotopic (exact) mass is 437 g/mol. The molecule has 3 N–H and O–H groups in total. The molecule has 0 radical (unpaired) electrons. The molecule has 0 spiro atoms.